The molecule has 9 nitrogen and oxygen atoms in total. The molecule has 1 aliphatic carbocycles. The lowest BCUT2D eigenvalue weighted by Gasteiger charge is -2.45. The normalized spacial score (nSPS) is 24.2. The SMILES string of the molecule is COc1ccc(C23CCC(NC(=O)NSc4cccc([N+](=O)[O-])c4)CC2N(C)CC3)cc1OC. The summed E-state index contributed by atoms with van der Waals surface area (Å²) in [6.45, 7) is 1.00. The number of carbonyl (C=O) groups is 1. The van der Waals surface area contributed by atoms with Gasteiger partial charge >= 0.3 is 6.03 Å². The molecule has 34 heavy (non-hydrogen) atoms. The van der Waals surface area contributed by atoms with Crippen LogP contribution in [0.4, 0.5) is 10.5 Å². The van der Waals surface area contributed by atoms with Gasteiger partial charge < -0.3 is 19.7 Å². The lowest BCUT2D eigenvalue weighted by Crippen LogP contribution is -2.52. The number of nitrogens with one attached hydrogen (secondary N) is 2. The predicted octanol–water partition coefficient (Wildman–Crippen LogP) is 4.11. The fraction of sp³-hybridized carbons (Fsp3) is 0.458. The Bertz CT molecular complexity index is 1070. The number of nitro benzene ring substituents is 1. The molecular weight excluding hydrogens is 456 g/mol. The molecule has 182 valence electrons. The first-order valence-corrected chi connectivity index (χ1v) is 12.1. The predicted molar refractivity (Wildman–Crippen MR) is 131 cm³/mol. The minimum absolute atomic E-state index is 0.00439. The summed E-state index contributed by atoms with van der Waals surface area (Å²) in [6.07, 6.45) is 3.74. The fourth-order valence-electron chi connectivity index (χ4n) is 5.38. The summed E-state index contributed by atoms with van der Waals surface area (Å²) in [5.41, 5.74) is 1.26. The van der Waals surface area contributed by atoms with Crippen molar-refractivity contribution in [1.29, 1.82) is 0 Å². The number of hydrogen-bond acceptors (Lipinski definition) is 7. The minimum atomic E-state index is -0.449. The van der Waals surface area contributed by atoms with Gasteiger partial charge in [0, 0.05) is 34.5 Å². The number of hydrogen-bond donors (Lipinski definition) is 2. The summed E-state index contributed by atoms with van der Waals surface area (Å²) in [4.78, 5) is 26.1. The first-order valence-electron chi connectivity index (χ1n) is 11.3. The second-order valence-electron chi connectivity index (χ2n) is 8.88. The number of likely N-dealkylation sites (tertiary alicyclic amines) is 1. The summed E-state index contributed by atoms with van der Waals surface area (Å²) < 4.78 is 13.7. The molecule has 4 rings (SSSR count). The molecule has 0 bridgehead atoms. The first kappa shape index (κ1) is 24.2. The van der Waals surface area contributed by atoms with E-state index < -0.39 is 4.92 Å². The Morgan fingerprint density at radius 2 is 1.97 bits per heavy atom. The standard InChI is InChI=1S/C24H30N4O5S/c1-27-12-11-24(16-7-8-20(32-2)21(13-16)33-3)10-9-17(14-22(24)27)25-23(29)26-34-19-6-4-5-18(15-19)28(30)31/h4-8,13,15,17,22H,9-12,14H2,1-3H3,(H2,25,26,29). The molecule has 2 aromatic rings. The quantitative estimate of drug-likeness (QED) is 0.345. The lowest BCUT2D eigenvalue weighted by molar-refractivity contribution is -0.385. The minimum Gasteiger partial charge on any atom is -0.493 e. The van der Waals surface area contributed by atoms with Gasteiger partial charge in [0.05, 0.1) is 19.1 Å². The van der Waals surface area contributed by atoms with Gasteiger partial charge in [-0.15, -0.1) is 0 Å². The van der Waals surface area contributed by atoms with E-state index >= 15 is 0 Å². The number of carbonyl (C=O) groups excluding carboxylic acids is 1. The van der Waals surface area contributed by atoms with Gasteiger partial charge in [-0.25, -0.2) is 4.79 Å². The molecule has 2 aromatic carbocycles. The average molecular weight is 487 g/mol. The summed E-state index contributed by atoms with van der Waals surface area (Å²) in [6, 6.07) is 12.5. The summed E-state index contributed by atoms with van der Waals surface area (Å²) in [7, 11) is 5.44. The van der Waals surface area contributed by atoms with E-state index in [2.05, 4.69) is 34.1 Å². The van der Waals surface area contributed by atoms with Crippen molar-refractivity contribution in [1.82, 2.24) is 14.9 Å². The van der Waals surface area contributed by atoms with Crippen LogP contribution in [0.3, 0.4) is 0 Å². The van der Waals surface area contributed by atoms with Gasteiger partial charge in [0.2, 0.25) is 0 Å². The molecule has 0 spiro atoms. The topological polar surface area (TPSA) is 106 Å². The third-order valence-corrected chi connectivity index (χ3v) is 7.89. The van der Waals surface area contributed by atoms with Crippen molar-refractivity contribution in [2.45, 2.75) is 48.1 Å². The van der Waals surface area contributed by atoms with Crippen LogP contribution in [0.15, 0.2) is 47.4 Å². The Morgan fingerprint density at radius 3 is 2.71 bits per heavy atom. The second-order valence-corrected chi connectivity index (χ2v) is 9.76. The van der Waals surface area contributed by atoms with Crippen LogP contribution >= 0.6 is 11.9 Å². The van der Waals surface area contributed by atoms with E-state index in [-0.39, 0.29) is 23.2 Å². The van der Waals surface area contributed by atoms with E-state index in [0.29, 0.717) is 10.9 Å². The van der Waals surface area contributed by atoms with Crippen LogP contribution in [0.5, 0.6) is 11.5 Å². The molecule has 10 heteroatoms. The monoisotopic (exact) mass is 486 g/mol. The Labute approximate surface area is 203 Å². The molecule has 0 radical (unpaired) electrons. The largest absolute Gasteiger partial charge is 0.493 e. The van der Waals surface area contributed by atoms with Crippen LogP contribution in [0, 0.1) is 10.1 Å². The van der Waals surface area contributed by atoms with E-state index in [9.17, 15) is 14.9 Å². The average Bonchev–Trinajstić information content (AvgIpc) is 3.19. The highest BCUT2D eigenvalue weighted by atomic mass is 32.2. The van der Waals surface area contributed by atoms with Crippen molar-refractivity contribution in [3.63, 3.8) is 0 Å². The maximum absolute atomic E-state index is 12.6. The van der Waals surface area contributed by atoms with E-state index in [0.717, 1.165) is 55.7 Å². The molecule has 3 atom stereocenters. The van der Waals surface area contributed by atoms with Gasteiger partial charge in [-0.05, 0) is 75.0 Å². The summed E-state index contributed by atoms with van der Waals surface area (Å²) in [5, 5.41) is 14.0. The number of nitro groups is 1. The van der Waals surface area contributed by atoms with Gasteiger partial charge in [0.25, 0.3) is 5.69 Å². The van der Waals surface area contributed by atoms with Crippen LogP contribution in [-0.4, -0.2) is 55.8 Å². The number of nitrogens with zero attached hydrogens (tertiary/aromatic N) is 2. The van der Waals surface area contributed by atoms with Crippen molar-refractivity contribution < 1.29 is 19.2 Å². The molecule has 3 unspecified atom stereocenters. The molecule has 1 saturated heterocycles. The number of non-ortho nitro benzene ring substituents is 1. The molecule has 1 saturated carbocycles. The second kappa shape index (κ2) is 10.1. The summed E-state index contributed by atoms with van der Waals surface area (Å²) >= 11 is 1.07. The van der Waals surface area contributed by atoms with Crippen LogP contribution in [0.1, 0.15) is 31.2 Å². The van der Waals surface area contributed by atoms with Crippen molar-refractivity contribution in [3.8, 4) is 11.5 Å². The van der Waals surface area contributed by atoms with Crippen molar-refractivity contribution in [2.75, 3.05) is 27.8 Å². The van der Waals surface area contributed by atoms with Crippen molar-refractivity contribution >= 4 is 23.7 Å². The highest BCUT2D eigenvalue weighted by Gasteiger charge is 2.50. The zero-order chi connectivity index (χ0) is 24.3. The molecule has 0 aromatic heterocycles. The number of methoxy groups -OCH3 is 2. The maximum Gasteiger partial charge on any atom is 0.325 e. The Hall–Kier alpha value is -2.98. The van der Waals surface area contributed by atoms with E-state index in [1.165, 1.54) is 17.7 Å². The van der Waals surface area contributed by atoms with Gasteiger partial charge in [-0.2, -0.15) is 0 Å². The van der Waals surface area contributed by atoms with Crippen LogP contribution < -0.4 is 19.5 Å². The Kier molecular flexibility index (Phi) is 7.18. The van der Waals surface area contributed by atoms with Crippen LogP contribution in [0.25, 0.3) is 0 Å². The number of benzene rings is 2. The smallest absolute Gasteiger partial charge is 0.325 e. The van der Waals surface area contributed by atoms with E-state index in [4.69, 9.17) is 9.47 Å². The third kappa shape index (κ3) is 4.78. The number of fused-ring (bicyclic) bond motifs is 1. The zero-order valence-corrected chi connectivity index (χ0v) is 20.4. The highest BCUT2D eigenvalue weighted by molar-refractivity contribution is 7.98. The molecule has 2 fully saturated rings. The molecule has 2 amide bonds. The molecule has 2 N–H and O–H groups in total. The molecule has 2 aliphatic rings. The molecular formula is C24H30N4O5S. The Balaban J connectivity index is 1.41. The molecule has 1 aliphatic heterocycles. The maximum atomic E-state index is 12.6. The number of rotatable bonds is 7. The number of amides is 2. The van der Waals surface area contributed by atoms with Gasteiger partial charge in [-0.3, -0.25) is 14.8 Å². The number of likely N-dealkylation sites (N-methyl/N-ethyl adjacent to an activating group) is 1. The van der Waals surface area contributed by atoms with Gasteiger partial charge in [0.15, 0.2) is 11.5 Å². The van der Waals surface area contributed by atoms with Crippen LogP contribution in [0.2, 0.25) is 0 Å². The molecule has 1 heterocycles. The van der Waals surface area contributed by atoms with Gasteiger partial charge in [-0.1, -0.05) is 12.1 Å². The van der Waals surface area contributed by atoms with E-state index in [1.54, 1.807) is 26.4 Å². The number of ether oxygens (including phenoxy) is 2. The third-order valence-electron chi connectivity index (χ3n) is 7.11. The number of urea groups is 1. The fourth-order valence-corrected chi connectivity index (χ4v) is 5.97. The van der Waals surface area contributed by atoms with E-state index in [1.807, 2.05) is 6.07 Å². The summed E-state index contributed by atoms with van der Waals surface area (Å²) in [5.74, 6) is 1.46. The first-order chi connectivity index (χ1) is 16.4. The van der Waals surface area contributed by atoms with Gasteiger partial charge in [0.1, 0.15) is 0 Å². The Morgan fingerprint density at radius 1 is 1.18 bits per heavy atom. The van der Waals surface area contributed by atoms with Crippen molar-refractivity contribution in [2.24, 2.45) is 0 Å². The van der Waals surface area contributed by atoms with Crippen molar-refractivity contribution in [3.05, 3.63) is 58.1 Å². The van der Waals surface area contributed by atoms with Crippen LogP contribution in [-0.2, 0) is 5.41 Å². The zero-order valence-electron chi connectivity index (χ0n) is 19.6. The highest BCUT2D eigenvalue weighted by Crippen LogP contribution is 2.49. The lowest BCUT2D eigenvalue weighted by atomic mass is 9.65.